The first kappa shape index (κ1) is 17.7. The van der Waals surface area contributed by atoms with Crippen molar-refractivity contribution in [3.8, 4) is 17.9 Å². The molecule has 0 aliphatic heterocycles. The normalized spacial score (nSPS) is 10.6. The van der Waals surface area contributed by atoms with Gasteiger partial charge in [-0.2, -0.15) is 10.5 Å². The second-order valence-corrected chi connectivity index (χ2v) is 6.01. The Bertz CT molecular complexity index is 1550. The molecule has 8 heteroatoms. The standard InChI is InChI=1S/C21H8N2O6/c22-8-13-11-3-1-2-4-15(11)28-20(26)17(13)19(25)18-14(9-23)12-6-5-10(24)7-16(12)29-21(18)27/h1-7,24H. The SMILES string of the molecule is N#Cc1c(C(=O)c2c(C#N)c3ccc(O)cc3oc2=O)c(=O)oc2ccccc12. The number of para-hydroxylation sites is 1. The summed E-state index contributed by atoms with van der Waals surface area (Å²) in [5.41, 5.74) is -4.24. The first-order chi connectivity index (χ1) is 14.0. The molecule has 2 heterocycles. The highest BCUT2D eigenvalue weighted by molar-refractivity contribution is 6.14. The second kappa shape index (κ2) is 6.48. The summed E-state index contributed by atoms with van der Waals surface area (Å²) in [5, 5.41) is 29.0. The summed E-state index contributed by atoms with van der Waals surface area (Å²) in [4.78, 5) is 38.1. The highest BCUT2D eigenvalue weighted by atomic mass is 16.4. The Labute approximate surface area is 161 Å². The van der Waals surface area contributed by atoms with Crippen LogP contribution in [0.5, 0.6) is 5.75 Å². The summed E-state index contributed by atoms with van der Waals surface area (Å²) in [5.74, 6) is -1.35. The molecular weight excluding hydrogens is 376 g/mol. The monoisotopic (exact) mass is 384 g/mol. The number of phenols is 1. The molecule has 4 rings (SSSR count). The van der Waals surface area contributed by atoms with Gasteiger partial charge in [-0.05, 0) is 24.3 Å². The van der Waals surface area contributed by atoms with Crippen LogP contribution in [0.15, 0.2) is 60.9 Å². The van der Waals surface area contributed by atoms with Gasteiger partial charge in [-0.1, -0.05) is 12.1 Å². The van der Waals surface area contributed by atoms with Crippen molar-refractivity contribution < 1.29 is 18.7 Å². The molecule has 8 nitrogen and oxygen atoms in total. The summed E-state index contributed by atoms with van der Waals surface area (Å²) < 4.78 is 10.2. The highest BCUT2D eigenvalue weighted by Crippen LogP contribution is 2.26. The van der Waals surface area contributed by atoms with Gasteiger partial charge in [-0.15, -0.1) is 0 Å². The Morgan fingerprint density at radius 1 is 0.828 bits per heavy atom. The van der Waals surface area contributed by atoms with Crippen molar-refractivity contribution in [1.29, 1.82) is 10.5 Å². The zero-order valence-electron chi connectivity index (χ0n) is 14.4. The van der Waals surface area contributed by atoms with E-state index in [2.05, 4.69) is 0 Å². The quantitative estimate of drug-likeness (QED) is 0.410. The van der Waals surface area contributed by atoms with Crippen molar-refractivity contribution in [1.82, 2.24) is 0 Å². The van der Waals surface area contributed by atoms with E-state index < -0.39 is 28.2 Å². The lowest BCUT2D eigenvalue weighted by atomic mass is 9.95. The largest absolute Gasteiger partial charge is 0.508 e. The van der Waals surface area contributed by atoms with Crippen LogP contribution < -0.4 is 11.3 Å². The molecule has 0 aliphatic rings. The van der Waals surface area contributed by atoms with Crippen LogP contribution >= 0.6 is 0 Å². The van der Waals surface area contributed by atoms with E-state index in [-0.39, 0.29) is 38.8 Å². The van der Waals surface area contributed by atoms with Crippen LogP contribution in [0.1, 0.15) is 27.0 Å². The zero-order valence-corrected chi connectivity index (χ0v) is 14.4. The Hall–Kier alpha value is -4.69. The molecule has 0 unspecified atom stereocenters. The minimum Gasteiger partial charge on any atom is -0.508 e. The molecule has 0 aliphatic carbocycles. The van der Waals surface area contributed by atoms with Crippen LogP contribution in [0.4, 0.5) is 0 Å². The number of carbonyl (C=O) groups excluding carboxylic acids is 1. The van der Waals surface area contributed by atoms with Crippen LogP contribution in [-0.2, 0) is 0 Å². The number of hydrogen-bond acceptors (Lipinski definition) is 8. The number of carbonyl (C=O) groups is 1. The molecule has 4 aromatic rings. The van der Waals surface area contributed by atoms with E-state index in [1.807, 2.05) is 0 Å². The molecule has 2 aromatic carbocycles. The third kappa shape index (κ3) is 2.64. The number of benzene rings is 2. The van der Waals surface area contributed by atoms with Crippen molar-refractivity contribution in [2.45, 2.75) is 0 Å². The zero-order chi connectivity index (χ0) is 20.7. The fourth-order valence-corrected chi connectivity index (χ4v) is 3.11. The molecule has 0 bridgehead atoms. The lowest BCUT2D eigenvalue weighted by Gasteiger charge is -2.07. The van der Waals surface area contributed by atoms with Crippen molar-refractivity contribution in [3.05, 3.63) is 85.6 Å². The highest BCUT2D eigenvalue weighted by Gasteiger charge is 2.29. The van der Waals surface area contributed by atoms with Gasteiger partial charge >= 0.3 is 11.3 Å². The van der Waals surface area contributed by atoms with Crippen molar-refractivity contribution in [2.24, 2.45) is 0 Å². The van der Waals surface area contributed by atoms with E-state index in [9.17, 15) is 30.0 Å². The number of nitrogens with zero attached hydrogens (tertiary/aromatic N) is 2. The summed E-state index contributed by atoms with van der Waals surface area (Å²) in [6.45, 7) is 0. The Morgan fingerprint density at radius 2 is 1.38 bits per heavy atom. The van der Waals surface area contributed by atoms with E-state index in [1.54, 1.807) is 24.3 Å². The minimum atomic E-state index is -1.18. The van der Waals surface area contributed by atoms with Gasteiger partial charge < -0.3 is 13.9 Å². The predicted molar refractivity (Wildman–Crippen MR) is 99.5 cm³/mol. The fraction of sp³-hybridized carbons (Fsp3) is 0. The number of nitriles is 2. The second-order valence-electron chi connectivity index (χ2n) is 6.01. The predicted octanol–water partition coefficient (Wildman–Crippen LogP) is 2.58. The van der Waals surface area contributed by atoms with Gasteiger partial charge in [0.2, 0.25) is 5.78 Å². The maximum absolute atomic E-state index is 13.1. The number of ketones is 1. The number of phenolic OH excluding ortho intramolecular Hbond substituents is 1. The third-order valence-electron chi connectivity index (χ3n) is 4.38. The molecule has 2 aromatic heterocycles. The third-order valence-corrected chi connectivity index (χ3v) is 4.38. The maximum Gasteiger partial charge on any atom is 0.348 e. The van der Waals surface area contributed by atoms with E-state index in [1.165, 1.54) is 24.3 Å². The smallest absolute Gasteiger partial charge is 0.348 e. The summed E-state index contributed by atoms with van der Waals surface area (Å²) in [7, 11) is 0. The summed E-state index contributed by atoms with van der Waals surface area (Å²) in [6.07, 6.45) is 0. The van der Waals surface area contributed by atoms with Gasteiger partial charge in [-0.25, -0.2) is 9.59 Å². The molecule has 0 fully saturated rings. The van der Waals surface area contributed by atoms with Gasteiger partial charge in [0.1, 0.15) is 40.2 Å². The molecule has 0 spiro atoms. The van der Waals surface area contributed by atoms with Crippen LogP contribution in [0.25, 0.3) is 21.9 Å². The molecule has 0 amide bonds. The van der Waals surface area contributed by atoms with Gasteiger partial charge in [-0.3, -0.25) is 4.79 Å². The van der Waals surface area contributed by atoms with Crippen molar-refractivity contribution in [2.75, 3.05) is 0 Å². The number of rotatable bonds is 2. The van der Waals surface area contributed by atoms with Gasteiger partial charge in [0.05, 0.1) is 11.1 Å². The van der Waals surface area contributed by atoms with Crippen molar-refractivity contribution >= 4 is 27.7 Å². The van der Waals surface area contributed by atoms with Crippen LogP contribution in [0, 0.1) is 22.7 Å². The van der Waals surface area contributed by atoms with Crippen LogP contribution in [0.2, 0.25) is 0 Å². The van der Waals surface area contributed by atoms with Gasteiger partial charge in [0, 0.05) is 16.8 Å². The van der Waals surface area contributed by atoms with Crippen LogP contribution in [-0.4, -0.2) is 10.9 Å². The molecule has 0 saturated heterocycles. The van der Waals surface area contributed by atoms with E-state index in [4.69, 9.17) is 8.83 Å². The van der Waals surface area contributed by atoms with E-state index in [0.29, 0.717) is 0 Å². The molecule has 138 valence electrons. The summed E-state index contributed by atoms with van der Waals surface area (Å²) in [6, 6.07) is 13.4. The van der Waals surface area contributed by atoms with Gasteiger partial charge in [0.25, 0.3) is 0 Å². The average molecular weight is 384 g/mol. The summed E-state index contributed by atoms with van der Waals surface area (Å²) >= 11 is 0. The lowest BCUT2D eigenvalue weighted by Crippen LogP contribution is -2.24. The number of aromatic hydroxyl groups is 1. The Kier molecular flexibility index (Phi) is 3.96. The molecular formula is C21H8N2O6. The first-order valence-corrected chi connectivity index (χ1v) is 8.17. The average Bonchev–Trinajstić information content (AvgIpc) is 2.70. The van der Waals surface area contributed by atoms with E-state index >= 15 is 0 Å². The van der Waals surface area contributed by atoms with E-state index in [0.717, 1.165) is 6.07 Å². The van der Waals surface area contributed by atoms with Crippen molar-refractivity contribution in [3.63, 3.8) is 0 Å². The molecule has 0 atom stereocenters. The minimum absolute atomic E-state index is 0.0944. The number of fused-ring (bicyclic) bond motifs is 2. The molecule has 0 radical (unpaired) electrons. The topological polar surface area (TPSA) is 145 Å². The molecule has 29 heavy (non-hydrogen) atoms. The first-order valence-electron chi connectivity index (χ1n) is 8.17. The maximum atomic E-state index is 13.1. The molecule has 0 saturated carbocycles. The Morgan fingerprint density at radius 3 is 2.00 bits per heavy atom. The fourth-order valence-electron chi connectivity index (χ4n) is 3.11. The molecule has 1 N–H and O–H groups in total. The van der Waals surface area contributed by atoms with Gasteiger partial charge in [0.15, 0.2) is 0 Å². The number of hydrogen-bond donors (Lipinski definition) is 1. The van der Waals surface area contributed by atoms with Crippen LogP contribution in [0.3, 0.4) is 0 Å². The Balaban J connectivity index is 2.09. The lowest BCUT2D eigenvalue weighted by molar-refractivity contribution is 0.103.